The van der Waals surface area contributed by atoms with Crippen molar-refractivity contribution in [1.82, 2.24) is 4.98 Å². The maximum Gasteiger partial charge on any atom is 0.416 e. The molecule has 170 valence electrons. The van der Waals surface area contributed by atoms with Gasteiger partial charge in [0, 0.05) is 28.2 Å². The van der Waals surface area contributed by atoms with E-state index in [1.54, 1.807) is 11.0 Å². The Hall–Kier alpha value is -3.26. The summed E-state index contributed by atoms with van der Waals surface area (Å²) < 4.78 is 39.1. The number of rotatable bonds is 6. The summed E-state index contributed by atoms with van der Waals surface area (Å²) in [5.74, 6) is 0.0116. The van der Waals surface area contributed by atoms with E-state index in [0.29, 0.717) is 17.8 Å². The molecule has 0 saturated heterocycles. The van der Waals surface area contributed by atoms with Gasteiger partial charge < -0.3 is 10.2 Å². The van der Waals surface area contributed by atoms with Crippen molar-refractivity contribution in [3.8, 4) is 0 Å². The lowest BCUT2D eigenvalue weighted by Crippen LogP contribution is -2.31. The van der Waals surface area contributed by atoms with E-state index in [4.69, 9.17) is 0 Å². The predicted octanol–water partition coefficient (Wildman–Crippen LogP) is 7.31. The van der Waals surface area contributed by atoms with Gasteiger partial charge in [-0.1, -0.05) is 49.4 Å². The monoisotopic (exact) mass is 469 g/mol. The van der Waals surface area contributed by atoms with Crippen LogP contribution in [0.2, 0.25) is 0 Å². The highest BCUT2D eigenvalue weighted by Crippen LogP contribution is 2.43. The van der Waals surface area contributed by atoms with Gasteiger partial charge in [-0.15, -0.1) is 0 Å². The van der Waals surface area contributed by atoms with Crippen LogP contribution in [0.5, 0.6) is 0 Å². The van der Waals surface area contributed by atoms with Crippen molar-refractivity contribution in [3.63, 3.8) is 0 Å². The van der Waals surface area contributed by atoms with Crippen LogP contribution in [0.25, 0.3) is 0 Å². The number of alkyl halides is 3. The van der Waals surface area contributed by atoms with Crippen molar-refractivity contribution in [2.45, 2.75) is 35.7 Å². The molecule has 0 radical (unpaired) electrons. The average Bonchev–Trinajstić information content (AvgIpc) is 2.90. The molecule has 1 amide bonds. The SMILES string of the molecule is CCC/C=C/CN1C(=O)c2ccccc2Sc2cc(Nc3cc(C(F)(F)F)ccn3)ccc21. The van der Waals surface area contributed by atoms with Gasteiger partial charge in [-0.25, -0.2) is 4.98 Å². The Morgan fingerprint density at radius 3 is 2.67 bits per heavy atom. The van der Waals surface area contributed by atoms with Crippen molar-refractivity contribution in [2.75, 3.05) is 16.8 Å². The molecule has 0 saturated carbocycles. The fraction of sp³-hybridized carbons (Fsp3) is 0.200. The van der Waals surface area contributed by atoms with Crippen molar-refractivity contribution < 1.29 is 18.0 Å². The zero-order chi connectivity index (χ0) is 23.4. The summed E-state index contributed by atoms with van der Waals surface area (Å²) >= 11 is 1.46. The number of benzene rings is 2. The van der Waals surface area contributed by atoms with E-state index in [9.17, 15) is 18.0 Å². The summed E-state index contributed by atoms with van der Waals surface area (Å²) in [6.45, 7) is 2.53. The first kappa shape index (κ1) is 22.9. The van der Waals surface area contributed by atoms with Crippen LogP contribution in [0.4, 0.5) is 30.4 Å². The topological polar surface area (TPSA) is 45.2 Å². The van der Waals surface area contributed by atoms with Crippen LogP contribution < -0.4 is 10.2 Å². The molecule has 0 aliphatic carbocycles. The van der Waals surface area contributed by atoms with E-state index in [1.165, 1.54) is 11.8 Å². The molecule has 1 N–H and O–H groups in total. The predicted molar refractivity (Wildman–Crippen MR) is 125 cm³/mol. The number of nitrogens with one attached hydrogen (secondary N) is 1. The number of allylic oxidation sites excluding steroid dienone is 1. The van der Waals surface area contributed by atoms with Gasteiger partial charge in [-0.05, 0) is 48.9 Å². The molecule has 8 heteroatoms. The molecule has 1 aliphatic rings. The lowest BCUT2D eigenvalue weighted by atomic mass is 10.1. The zero-order valence-corrected chi connectivity index (χ0v) is 18.7. The molecule has 33 heavy (non-hydrogen) atoms. The van der Waals surface area contributed by atoms with E-state index < -0.39 is 11.7 Å². The summed E-state index contributed by atoms with van der Waals surface area (Å²) in [5.41, 5.74) is 1.19. The standard InChI is InChI=1S/C25H22F3N3OS/c1-2-3-4-7-14-31-20-11-10-18(30-23-15-17(12-13-29-23)25(26,27)28)16-22(20)33-21-9-6-5-8-19(21)24(31)32/h4-13,15-16H,2-3,14H2,1H3,(H,29,30)/b7-4+. The van der Waals surface area contributed by atoms with E-state index in [-0.39, 0.29) is 11.7 Å². The molecule has 1 aromatic heterocycles. The van der Waals surface area contributed by atoms with Gasteiger partial charge in [-0.3, -0.25) is 4.79 Å². The minimum atomic E-state index is -4.45. The summed E-state index contributed by atoms with van der Waals surface area (Å²) in [5, 5.41) is 2.95. The molecule has 3 aromatic rings. The third-order valence-corrected chi connectivity index (χ3v) is 6.23. The molecule has 2 aromatic carbocycles. The molecule has 0 unspecified atom stereocenters. The minimum Gasteiger partial charge on any atom is -0.340 e. The third-order valence-electron chi connectivity index (χ3n) is 5.10. The van der Waals surface area contributed by atoms with Gasteiger partial charge in [0.2, 0.25) is 0 Å². The Labute approximate surface area is 194 Å². The molecule has 1 aliphatic heterocycles. The number of anilines is 3. The Balaban J connectivity index is 1.69. The van der Waals surface area contributed by atoms with Crippen LogP contribution in [0, 0.1) is 0 Å². The Morgan fingerprint density at radius 1 is 1.06 bits per heavy atom. The molecule has 0 atom stereocenters. The smallest absolute Gasteiger partial charge is 0.340 e. The normalized spacial score (nSPS) is 13.6. The fourth-order valence-corrected chi connectivity index (χ4v) is 4.59. The van der Waals surface area contributed by atoms with Crippen molar-refractivity contribution in [1.29, 1.82) is 0 Å². The summed E-state index contributed by atoms with van der Waals surface area (Å²) in [6.07, 6.45) is 2.70. The van der Waals surface area contributed by atoms with Gasteiger partial charge in [0.15, 0.2) is 0 Å². The fourth-order valence-electron chi connectivity index (χ4n) is 3.47. The number of fused-ring (bicyclic) bond motifs is 2. The Kier molecular flexibility index (Phi) is 6.74. The van der Waals surface area contributed by atoms with Gasteiger partial charge in [0.05, 0.1) is 16.8 Å². The second kappa shape index (κ2) is 9.70. The first-order chi connectivity index (χ1) is 15.9. The number of aromatic nitrogens is 1. The second-order valence-corrected chi connectivity index (χ2v) is 8.59. The highest BCUT2D eigenvalue weighted by Gasteiger charge is 2.31. The Bertz CT molecular complexity index is 1190. The number of pyridine rings is 1. The van der Waals surface area contributed by atoms with Gasteiger partial charge in [0.25, 0.3) is 5.91 Å². The molecular formula is C25H22F3N3OS. The van der Waals surface area contributed by atoms with Crippen molar-refractivity contribution in [2.24, 2.45) is 0 Å². The van der Waals surface area contributed by atoms with Gasteiger partial charge in [0.1, 0.15) is 5.82 Å². The highest BCUT2D eigenvalue weighted by atomic mass is 32.2. The van der Waals surface area contributed by atoms with Crippen LogP contribution >= 0.6 is 11.8 Å². The molecule has 2 heterocycles. The minimum absolute atomic E-state index is 0.0850. The number of hydrogen-bond acceptors (Lipinski definition) is 4. The largest absolute Gasteiger partial charge is 0.416 e. The van der Waals surface area contributed by atoms with Crippen molar-refractivity contribution in [3.05, 3.63) is 84.1 Å². The molecule has 4 nitrogen and oxygen atoms in total. The lowest BCUT2D eigenvalue weighted by Gasteiger charge is -2.22. The van der Waals surface area contributed by atoms with Crippen LogP contribution in [0.3, 0.4) is 0 Å². The molecule has 0 fully saturated rings. The number of carbonyl (C=O) groups excluding carboxylic acids is 1. The molecular weight excluding hydrogens is 447 g/mol. The quantitative estimate of drug-likeness (QED) is 0.385. The average molecular weight is 470 g/mol. The summed E-state index contributed by atoms with van der Waals surface area (Å²) in [7, 11) is 0. The van der Waals surface area contributed by atoms with E-state index in [2.05, 4.69) is 23.3 Å². The zero-order valence-electron chi connectivity index (χ0n) is 17.9. The highest BCUT2D eigenvalue weighted by molar-refractivity contribution is 7.99. The lowest BCUT2D eigenvalue weighted by molar-refractivity contribution is -0.137. The summed E-state index contributed by atoms with van der Waals surface area (Å²) in [6, 6.07) is 14.7. The van der Waals surface area contributed by atoms with E-state index >= 15 is 0 Å². The van der Waals surface area contributed by atoms with E-state index in [1.807, 2.05) is 42.5 Å². The molecule has 0 spiro atoms. The first-order valence-corrected chi connectivity index (χ1v) is 11.4. The first-order valence-electron chi connectivity index (χ1n) is 10.5. The maximum atomic E-state index is 13.3. The summed E-state index contributed by atoms with van der Waals surface area (Å²) in [4.78, 5) is 20.7. The third kappa shape index (κ3) is 5.22. The van der Waals surface area contributed by atoms with E-state index in [0.717, 1.165) is 46.6 Å². The number of amides is 1. The molecule has 4 rings (SSSR count). The number of halogens is 3. The molecule has 0 bridgehead atoms. The van der Waals surface area contributed by atoms with Gasteiger partial charge in [-0.2, -0.15) is 13.2 Å². The number of carbonyl (C=O) groups is 1. The van der Waals surface area contributed by atoms with Crippen LogP contribution in [-0.2, 0) is 6.18 Å². The number of hydrogen-bond donors (Lipinski definition) is 1. The maximum absolute atomic E-state index is 13.3. The Morgan fingerprint density at radius 2 is 1.88 bits per heavy atom. The van der Waals surface area contributed by atoms with Crippen LogP contribution in [-0.4, -0.2) is 17.4 Å². The number of nitrogens with zero attached hydrogens (tertiary/aromatic N) is 2. The van der Waals surface area contributed by atoms with Gasteiger partial charge >= 0.3 is 6.18 Å². The van der Waals surface area contributed by atoms with Crippen LogP contribution in [0.1, 0.15) is 35.7 Å². The van der Waals surface area contributed by atoms with Crippen molar-refractivity contribution >= 4 is 34.9 Å². The second-order valence-electron chi connectivity index (χ2n) is 7.51. The van der Waals surface area contributed by atoms with Crippen LogP contribution in [0.15, 0.2) is 82.7 Å². The number of unbranched alkanes of at least 4 members (excludes halogenated alkanes) is 1.